The molecule has 0 aromatic carbocycles. The zero-order chi connectivity index (χ0) is 13.8. The van der Waals surface area contributed by atoms with Gasteiger partial charge in [0.25, 0.3) is 5.91 Å². The Morgan fingerprint density at radius 1 is 1.30 bits per heavy atom. The molecular weight excluding hydrogens is 290 g/mol. The maximum Gasteiger partial charge on any atom is 0.261 e. The van der Waals surface area contributed by atoms with E-state index in [2.05, 4.69) is 21.9 Å². The zero-order valence-electron chi connectivity index (χ0n) is 10.7. The fourth-order valence-corrected chi connectivity index (χ4v) is 3.12. The first-order valence-corrected chi connectivity index (χ1v) is 8.03. The largest absolute Gasteiger partial charge is 0.349 e. The van der Waals surface area contributed by atoms with E-state index in [1.807, 2.05) is 39.8 Å². The van der Waals surface area contributed by atoms with Crippen LogP contribution in [0.25, 0.3) is 11.3 Å². The van der Waals surface area contributed by atoms with Gasteiger partial charge in [0.05, 0.1) is 17.1 Å². The molecule has 0 aliphatic rings. The number of nitrogens with one attached hydrogen (secondary N) is 1. The number of hydrogen-bond donors (Lipinski definition) is 1. The number of nitrogens with zero attached hydrogens (tertiary/aromatic N) is 2. The predicted octanol–water partition coefficient (Wildman–Crippen LogP) is 3.10. The van der Waals surface area contributed by atoms with Crippen molar-refractivity contribution in [2.45, 2.75) is 6.54 Å². The Kier molecular flexibility index (Phi) is 3.94. The van der Waals surface area contributed by atoms with E-state index >= 15 is 0 Å². The number of carbonyl (C=O) groups excluding carboxylic acids is 1. The number of carbonyl (C=O) groups is 1. The molecule has 0 bridgehead atoms. The normalized spacial score (nSPS) is 10.6. The Labute approximate surface area is 124 Å². The minimum absolute atomic E-state index is 0.0229. The summed E-state index contributed by atoms with van der Waals surface area (Å²) in [7, 11) is 0. The van der Waals surface area contributed by atoms with Crippen molar-refractivity contribution in [2.75, 3.05) is 6.54 Å². The Bertz CT molecular complexity index is 671. The van der Waals surface area contributed by atoms with E-state index in [-0.39, 0.29) is 5.91 Å². The highest BCUT2D eigenvalue weighted by molar-refractivity contribution is 7.12. The Morgan fingerprint density at radius 3 is 3.00 bits per heavy atom. The molecule has 102 valence electrons. The molecule has 6 heteroatoms. The van der Waals surface area contributed by atoms with Crippen molar-refractivity contribution >= 4 is 28.6 Å². The lowest BCUT2D eigenvalue weighted by Gasteiger charge is -2.03. The van der Waals surface area contributed by atoms with Gasteiger partial charge in [0.1, 0.15) is 0 Å². The third-order valence-electron chi connectivity index (χ3n) is 2.83. The lowest BCUT2D eigenvalue weighted by molar-refractivity contribution is 0.0956. The third-order valence-corrected chi connectivity index (χ3v) is 4.38. The number of hydrogen-bond acceptors (Lipinski definition) is 4. The number of thiophene rings is 2. The smallest absolute Gasteiger partial charge is 0.261 e. The van der Waals surface area contributed by atoms with Crippen molar-refractivity contribution in [1.82, 2.24) is 15.1 Å². The molecule has 0 aliphatic carbocycles. The molecule has 1 amide bonds. The molecule has 3 heterocycles. The van der Waals surface area contributed by atoms with Gasteiger partial charge < -0.3 is 5.32 Å². The van der Waals surface area contributed by atoms with Crippen LogP contribution in [-0.4, -0.2) is 22.2 Å². The van der Waals surface area contributed by atoms with Crippen LogP contribution in [0.5, 0.6) is 0 Å². The van der Waals surface area contributed by atoms with Crippen LogP contribution in [0.1, 0.15) is 9.67 Å². The average Bonchev–Trinajstić information content (AvgIpc) is 3.20. The first kappa shape index (κ1) is 13.1. The van der Waals surface area contributed by atoms with Crippen molar-refractivity contribution in [2.24, 2.45) is 0 Å². The molecular formula is C14H13N3OS2. The molecule has 0 unspecified atom stereocenters. The van der Waals surface area contributed by atoms with E-state index in [9.17, 15) is 4.79 Å². The topological polar surface area (TPSA) is 46.9 Å². The average molecular weight is 303 g/mol. The van der Waals surface area contributed by atoms with Gasteiger partial charge in [-0.05, 0) is 29.0 Å². The third kappa shape index (κ3) is 2.97. The van der Waals surface area contributed by atoms with E-state index in [0.717, 1.165) is 16.1 Å². The number of rotatable bonds is 5. The van der Waals surface area contributed by atoms with E-state index < -0.39 is 0 Å². The number of amides is 1. The highest BCUT2D eigenvalue weighted by Crippen LogP contribution is 2.19. The summed E-state index contributed by atoms with van der Waals surface area (Å²) < 4.78 is 1.85. The fourth-order valence-electron chi connectivity index (χ4n) is 1.83. The summed E-state index contributed by atoms with van der Waals surface area (Å²) in [5.74, 6) is -0.0229. The molecule has 3 aromatic heterocycles. The van der Waals surface area contributed by atoms with Crippen molar-refractivity contribution in [3.05, 3.63) is 51.5 Å². The fraction of sp³-hybridized carbons (Fsp3) is 0.143. The quantitative estimate of drug-likeness (QED) is 0.787. The van der Waals surface area contributed by atoms with Crippen LogP contribution in [0.4, 0.5) is 0 Å². The second-order valence-corrected chi connectivity index (χ2v) is 5.94. The van der Waals surface area contributed by atoms with Gasteiger partial charge in [-0.2, -0.15) is 16.4 Å². The van der Waals surface area contributed by atoms with Crippen LogP contribution < -0.4 is 5.32 Å². The van der Waals surface area contributed by atoms with Gasteiger partial charge in [-0.3, -0.25) is 9.48 Å². The van der Waals surface area contributed by atoms with Crippen molar-refractivity contribution < 1.29 is 4.79 Å². The van der Waals surface area contributed by atoms with E-state index in [1.165, 1.54) is 11.3 Å². The molecule has 0 atom stereocenters. The summed E-state index contributed by atoms with van der Waals surface area (Å²) in [6.45, 7) is 1.24. The second kappa shape index (κ2) is 6.02. The molecule has 20 heavy (non-hydrogen) atoms. The molecule has 0 spiro atoms. The molecule has 0 radical (unpaired) electrons. The predicted molar refractivity (Wildman–Crippen MR) is 82.2 cm³/mol. The standard InChI is InChI=1S/C14H13N3OS2/c18-14(13-2-1-8-20-13)15-5-7-17-6-3-12(16-17)11-4-9-19-10-11/h1-4,6,8-10H,5,7H2,(H,15,18). The van der Waals surface area contributed by atoms with Crippen molar-refractivity contribution in [1.29, 1.82) is 0 Å². The van der Waals surface area contributed by atoms with Crippen LogP contribution in [0.15, 0.2) is 46.6 Å². The van der Waals surface area contributed by atoms with Gasteiger partial charge in [-0.15, -0.1) is 11.3 Å². The van der Waals surface area contributed by atoms with Crippen LogP contribution in [0.2, 0.25) is 0 Å². The lowest BCUT2D eigenvalue weighted by Crippen LogP contribution is -2.26. The maximum absolute atomic E-state index is 11.8. The highest BCUT2D eigenvalue weighted by atomic mass is 32.1. The summed E-state index contributed by atoms with van der Waals surface area (Å²) in [5.41, 5.74) is 2.10. The van der Waals surface area contributed by atoms with Crippen LogP contribution >= 0.6 is 22.7 Å². The molecule has 0 saturated carbocycles. The van der Waals surface area contributed by atoms with Crippen LogP contribution in [0, 0.1) is 0 Å². The van der Waals surface area contributed by atoms with E-state index in [0.29, 0.717) is 13.1 Å². The van der Waals surface area contributed by atoms with Crippen molar-refractivity contribution in [3.63, 3.8) is 0 Å². The van der Waals surface area contributed by atoms with Gasteiger partial charge in [0.15, 0.2) is 0 Å². The van der Waals surface area contributed by atoms with Gasteiger partial charge in [0.2, 0.25) is 0 Å². The zero-order valence-corrected chi connectivity index (χ0v) is 12.3. The lowest BCUT2D eigenvalue weighted by atomic mass is 10.2. The highest BCUT2D eigenvalue weighted by Gasteiger charge is 2.06. The molecule has 0 fully saturated rings. The van der Waals surface area contributed by atoms with Gasteiger partial charge in [-0.1, -0.05) is 6.07 Å². The van der Waals surface area contributed by atoms with E-state index in [1.54, 1.807) is 11.3 Å². The molecule has 3 rings (SSSR count). The molecule has 1 N–H and O–H groups in total. The molecule has 3 aromatic rings. The van der Waals surface area contributed by atoms with Crippen LogP contribution in [-0.2, 0) is 6.54 Å². The molecule has 0 aliphatic heterocycles. The van der Waals surface area contributed by atoms with E-state index in [4.69, 9.17) is 0 Å². The molecule has 4 nitrogen and oxygen atoms in total. The Balaban J connectivity index is 1.53. The van der Waals surface area contributed by atoms with Crippen molar-refractivity contribution in [3.8, 4) is 11.3 Å². The molecule has 0 saturated heterocycles. The summed E-state index contributed by atoms with van der Waals surface area (Å²) >= 11 is 3.11. The second-order valence-electron chi connectivity index (χ2n) is 4.21. The Hall–Kier alpha value is -1.92. The Morgan fingerprint density at radius 2 is 2.25 bits per heavy atom. The monoisotopic (exact) mass is 303 g/mol. The van der Waals surface area contributed by atoms with Gasteiger partial charge >= 0.3 is 0 Å². The summed E-state index contributed by atoms with van der Waals surface area (Å²) in [6.07, 6.45) is 1.93. The van der Waals surface area contributed by atoms with Crippen LogP contribution in [0.3, 0.4) is 0 Å². The number of aromatic nitrogens is 2. The first-order chi connectivity index (χ1) is 9.83. The summed E-state index contributed by atoms with van der Waals surface area (Å²) in [5, 5.41) is 13.4. The summed E-state index contributed by atoms with van der Waals surface area (Å²) in [4.78, 5) is 12.5. The summed E-state index contributed by atoms with van der Waals surface area (Å²) in [6, 6.07) is 7.74. The first-order valence-electron chi connectivity index (χ1n) is 6.20. The maximum atomic E-state index is 11.8. The van der Waals surface area contributed by atoms with Gasteiger partial charge in [0, 0.05) is 23.7 Å². The minimum atomic E-state index is -0.0229. The van der Waals surface area contributed by atoms with Gasteiger partial charge in [-0.25, -0.2) is 0 Å². The SMILES string of the molecule is O=C(NCCn1ccc(-c2ccsc2)n1)c1cccs1. The minimum Gasteiger partial charge on any atom is -0.349 e.